The summed E-state index contributed by atoms with van der Waals surface area (Å²) in [5.74, 6) is -5.32. The minimum atomic E-state index is -5.85. The number of amides is 1. The van der Waals surface area contributed by atoms with Crippen LogP contribution in [0.5, 0.6) is 0 Å². The zero-order valence-corrected chi connectivity index (χ0v) is 17.6. The van der Waals surface area contributed by atoms with E-state index in [0.29, 0.717) is 24.5 Å². The van der Waals surface area contributed by atoms with Gasteiger partial charge < -0.3 is 5.32 Å². The predicted molar refractivity (Wildman–Crippen MR) is 107 cm³/mol. The summed E-state index contributed by atoms with van der Waals surface area (Å²) in [4.78, 5) is 24.5. The third kappa shape index (κ3) is 3.89. The van der Waals surface area contributed by atoms with Crippen molar-refractivity contribution in [1.29, 1.82) is 0 Å². The fourth-order valence-electron chi connectivity index (χ4n) is 3.97. The van der Waals surface area contributed by atoms with Crippen molar-refractivity contribution in [3.05, 3.63) is 63.7 Å². The van der Waals surface area contributed by atoms with Crippen LogP contribution < -0.4 is 5.32 Å². The minimum absolute atomic E-state index is 0.0135. The highest BCUT2D eigenvalue weighted by molar-refractivity contribution is 6.07. The Morgan fingerprint density at radius 2 is 1.69 bits per heavy atom. The number of fused-ring (bicyclic) bond motifs is 1. The molecule has 1 unspecified atom stereocenters. The summed E-state index contributed by atoms with van der Waals surface area (Å²) in [5.41, 5.74) is -4.38. The molecule has 0 aliphatic heterocycles. The van der Waals surface area contributed by atoms with E-state index in [1.807, 2.05) is 0 Å². The van der Waals surface area contributed by atoms with Gasteiger partial charge in [0.1, 0.15) is 0 Å². The van der Waals surface area contributed by atoms with Crippen molar-refractivity contribution in [1.82, 2.24) is 0 Å². The highest BCUT2D eigenvalue weighted by Crippen LogP contribution is 2.53. The summed E-state index contributed by atoms with van der Waals surface area (Å²) in [6.45, 7) is 2.74. The number of benzene rings is 2. The molecular formula is C23H21F6NO2. The Morgan fingerprint density at radius 1 is 1.03 bits per heavy atom. The van der Waals surface area contributed by atoms with E-state index in [1.54, 1.807) is 19.1 Å². The van der Waals surface area contributed by atoms with Gasteiger partial charge in [0, 0.05) is 35.7 Å². The van der Waals surface area contributed by atoms with Gasteiger partial charge in [-0.25, -0.2) is 13.2 Å². The first-order chi connectivity index (χ1) is 14.7. The molecule has 172 valence electrons. The van der Waals surface area contributed by atoms with Gasteiger partial charge in [-0.2, -0.15) is 13.2 Å². The van der Waals surface area contributed by atoms with E-state index in [9.17, 15) is 35.9 Å². The monoisotopic (exact) mass is 457 g/mol. The van der Waals surface area contributed by atoms with Gasteiger partial charge in [0.05, 0.1) is 0 Å². The van der Waals surface area contributed by atoms with E-state index in [2.05, 4.69) is 5.32 Å². The first-order valence-electron chi connectivity index (χ1n) is 9.95. The average Bonchev–Trinajstić information content (AvgIpc) is 3.07. The number of carbonyl (C=O) groups excluding carboxylic acids is 2. The molecule has 1 N–H and O–H groups in total. The summed E-state index contributed by atoms with van der Waals surface area (Å²) < 4.78 is 82.6. The number of aryl methyl sites for hydroxylation is 3. The largest absolute Gasteiger partial charge is 0.432 e. The van der Waals surface area contributed by atoms with E-state index in [4.69, 9.17) is 0 Å². The number of alkyl halides is 6. The Hall–Kier alpha value is -2.84. The zero-order chi connectivity index (χ0) is 24.1. The lowest BCUT2D eigenvalue weighted by molar-refractivity contribution is -0.304. The van der Waals surface area contributed by atoms with Crippen LogP contribution in [-0.4, -0.2) is 23.8 Å². The molecule has 3 rings (SSSR count). The van der Waals surface area contributed by atoms with Gasteiger partial charge in [0.2, 0.25) is 0 Å². The number of nitrogens with one attached hydrogen (secondary N) is 1. The van der Waals surface area contributed by atoms with Crippen molar-refractivity contribution in [3.63, 3.8) is 0 Å². The quantitative estimate of drug-likeness (QED) is 0.534. The second kappa shape index (κ2) is 7.94. The van der Waals surface area contributed by atoms with Crippen LogP contribution in [0, 0.1) is 6.92 Å². The Morgan fingerprint density at radius 3 is 2.25 bits per heavy atom. The lowest BCUT2D eigenvalue weighted by atomic mass is 9.86. The van der Waals surface area contributed by atoms with Gasteiger partial charge >= 0.3 is 6.18 Å². The molecule has 1 aliphatic carbocycles. The second-order valence-corrected chi connectivity index (χ2v) is 7.97. The number of rotatable bonds is 5. The highest BCUT2D eigenvalue weighted by atomic mass is 19.4. The van der Waals surface area contributed by atoms with Gasteiger partial charge in [-0.3, -0.25) is 9.59 Å². The topological polar surface area (TPSA) is 46.2 Å². The van der Waals surface area contributed by atoms with Crippen LogP contribution in [0.4, 0.5) is 32.0 Å². The van der Waals surface area contributed by atoms with Gasteiger partial charge in [0.25, 0.3) is 17.5 Å². The lowest BCUT2D eigenvalue weighted by Gasteiger charge is -2.34. The van der Waals surface area contributed by atoms with Gasteiger partial charge in [-0.05, 0) is 54.7 Å². The van der Waals surface area contributed by atoms with Crippen LogP contribution in [0.1, 0.15) is 63.2 Å². The molecule has 2 aromatic carbocycles. The zero-order valence-electron chi connectivity index (χ0n) is 17.6. The molecule has 0 aromatic heterocycles. The van der Waals surface area contributed by atoms with Crippen molar-refractivity contribution in [2.24, 2.45) is 0 Å². The fourth-order valence-corrected chi connectivity index (χ4v) is 3.97. The van der Waals surface area contributed by atoms with Crippen molar-refractivity contribution in [3.8, 4) is 0 Å². The number of carbonyl (C=O) groups is 2. The van der Waals surface area contributed by atoms with Crippen molar-refractivity contribution in [2.75, 3.05) is 5.32 Å². The molecule has 32 heavy (non-hydrogen) atoms. The number of Topliss-reactive ketones (excluding diaryl/α,β-unsaturated/α-hetero) is 1. The van der Waals surface area contributed by atoms with E-state index in [-0.39, 0.29) is 41.5 Å². The van der Waals surface area contributed by atoms with Gasteiger partial charge in [0.15, 0.2) is 5.78 Å². The van der Waals surface area contributed by atoms with E-state index in [1.165, 1.54) is 13.0 Å². The molecule has 0 heterocycles. The Labute approximate surface area is 180 Å². The highest BCUT2D eigenvalue weighted by Gasteiger charge is 2.70. The lowest BCUT2D eigenvalue weighted by Crippen LogP contribution is -2.51. The van der Waals surface area contributed by atoms with Crippen molar-refractivity contribution in [2.45, 2.75) is 57.8 Å². The summed E-state index contributed by atoms with van der Waals surface area (Å²) in [6, 6.07) is 5.97. The van der Waals surface area contributed by atoms with E-state index in [0.717, 1.165) is 11.6 Å². The normalized spacial score (nSPS) is 16.0. The van der Waals surface area contributed by atoms with Crippen LogP contribution in [0.25, 0.3) is 0 Å². The van der Waals surface area contributed by atoms with Crippen LogP contribution in [0.3, 0.4) is 0 Å². The third-order valence-electron chi connectivity index (χ3n) is 5.72. The number of halogens is 6. The maximum Gasteiger partial charge on any atom is 0.432 e. The molecule has 1 atom stereocenters. The fraction of sp³-hybridized carbons (Fsp3) is 0.391. The summed E-state index contributed by atoms with van der Waals surface area (Å²) in [7, 11) is 0. The Balaban J connectivity index is 2.01. The SMILES string of the molecule is CCc1cc(C(F)(C(C)(F)F)C(F)(F)F)cc(C)c1NC(=O)c1ccc2c(c1)CCC2=O. The average molecular weight is 457 g/mol. The third-order valence-corrected chi connectivity index (χ3v) is 5.72. The van der Waals surface area contributed by atoms with Crippen LogP contribution in [-0.2, 0) is 18.5 Å². The predicted octanol–water partition coefficient (Wildman–Crippen LogP) is 6.32. The molecule has 0 bridgehead atoms. The summed E-state index contributed by atoms with van der Waals surface area (Å²) in [5, 5.41) is 2.59. The minimum Gasteiger partial charge on any atom is -0.321 e. The van der Waals surface area contributed by atoms with Crippen molar-refractivity contribution < 1.29 is 35.9 Å². The molecule has 2 aromatic rings. The first kappa shape index (κ1) is 23.8. The Kier molecular flexibility index (Phi) is 5.91. The molecule has 0 saturated heterocycles. The maximum absolute atomic E-state index is 14.9. The molecule has 0 radical (unpaired) electrons. The van der Waals surface area contributed by atoms with Gasteiger partial charge in [-0.15, -0.1) is 0 Å². The standard InChI is InChI=1S/C23H21F6NO2/c1-4-13-11-16(22(26,21(3,24)25)23(27,28)29)9-12(2)19(13)30-20(32)15-5-7-17-14(10-15)6-8-18(17)31/h5,7,9-11H,4,6,8H2,1-3H3,(H,30,32). The molecule has 0 saturated carbocycles. The number of hydrogen-bond donors (Lipinski definition) is 1. The molecule has 1 amide bonds. The summed E-state index contributed by atoms with van der Waals surface area (Å²) in [6.07, 6.45) is -4.93. The summed E-state index contributed by atoms with van der Waals surface area (Å²) >= 11 is 0. The van der Waals surface area contributed by atoms with Crippen LogP contribution in [0.2, 0.25) is 0 Å². The smallest absolute Gasteiger partial charge is 0.321 e. The molecule has 0 spiro atoms. The molecule has 9 heteroatoms. The molecule has 1 aliphatic rings. The molecule has 0 fully saturated rings. The number of anilines is 1. The molecule has 3 nitrogen and oxygen atoms in total. The van der Waals surface area contributed by atoms with Crippen LogP contribution in [0.15, 0.2) is 30.3 Å². The second-order valence-electron chi connectivity index (χ2n) is 7.97. The Bertz CT molecular complexity index is 1070. The van der Waals surface area contributed by atoms with Crippen LogP contribution >= 0.6 is 0 Å². The maximum atomic E-state index is 14.9. The number of hydrogen-bond acceptors (Lipinski definition) is 2. The van der Waals surface area contributed by atoms with E-state index >= 15 is 0 Å². The molecular weight excluding hydrogens is 436 g/mol. The van der Waals surface area contributed by atoms with Crippen molar-refractivity contribution >= 4 is 17.4 Å². The first-order valence-corrected chi connectivity index (χ1v) is 9.95. The number of ketones is 1. The van der Waals surface area contributed by atoms with E-state index < -0.39 is 29.2 Å². The van der Waals surface area contributed by atoms with Gasteiger partial charge in [-0.1, -0.05) is 19.1 Å².